The molecule has 3 aromatic carbocycles. The number of unbranched alkanes of at least 4 members (excludes halogenated alkanes) is 6. The van der Waals surface area contributed by atoms with Crippen molar-refractivity contribution in [1.29, 1.82) is 0 Å². The van der Waals surface area contributed by atoms with E-state index in [0.29, 0.717) is 38.9 Å². The number of aromatic nitrogens is 3. The quantitative estimate of drug-likeness (QED) is 0.0676. The van der Waals surface area contributed by atoms with E-state index in [0.717, 1.165) is 55.6 Å². The van der Waals surface area contributed by atoms with E-state index in [2.05, 4.69) is 48.0 Å². The lowest BCUT2D eigenvalue weighted by molar-refractivity contribution is 0.415. The first kappa shape index (κ1) is 38.0. The summed E-state index contributed by atoms with van der Waals surface area (Å²) >= 11 is 0. The minimum atomic E-state index is -0.561. The molecule has 0 bridgehead atoms. The number of aliphatic imine (C=N–C) groups is 6. The minimum absolute atomic E-state index is 0.227. The third-order valence-corrected chi connectivity index (χ3v) is 7.86. The molecule has 264 valence electrons. The van der Waals surface area contributed by atoms with Crippen LogP contribution in [0.5, 0.6) is 0 Å². The number of nitrogens with zero attached hydrogens (tertiary/aromatic N) is 9. The number of para-hydroxylation sites is 3. The van der Waals surface area contributed by atoms with E-state index < -0.39 is 17.1 Å². The molecule has 0 radical (unpaired) electrons. The highest BCUT2D eigenvalue weighted by Gasteiger charge is 2.15. The fourth-order valence-electron chi connectivity index (χ4n) is 5.11. The highest BCUT2D eigenvalue weighted by Crippen LogP contribution is 2.09. The van der Waals surface area contributed by atoms with Crippen LogP contribution >= 0.6 is 0 Å². The fourth-order valence-corrected chi connectivity index (χ4v) is 5.11. The van der Waals surface area contributed by atoms with Gasteiger partial charge in [-0.05, 0) is 94.2 Å². The van der Waals surface area contributed by atoms with Gasteiger partial charge in [0.1, 0.15) is 0 Å². The Labute approximate surface area is 297 Å². The van der Waals surface area contributed by atoms with Crippen LogP contribution in [0, 0.1) is 0 Å². The third kappa shape index (κ3) is 13.9. The molecule has 1 aromatic heterocycles. The molecule has 0 atom stereocenters. The van der Waals surface area contributed by atoms with Crippen LogP contribution in [0.25, 0.3) is 0 Å². The average Bonchev–Trinajstić information content (AvgIpc) is 3.16. The first-order chi connectivity index (χ1) is 25.1. The first-order valence-corrected chi connectivity index (χ1v) is 17.6. The number of benzene rings is 3. The van der Waals surface area contributed by atoms with Gasteiger partial charge in [0.2, 0.25) is 0 Å². The molecule has 1 heterocycles. The molecule has 0 spiro atoms. The second kappa shape index (κ2) is 22.8. The van der Waals surface area contributed by atoms with Crippen molar-refractivity contribution in [2.24, 2.45) is 30.0 Å². The molecule has 0 saturated heterocycles. The zero-order valence-electron chi connectivity index (χ0n) is 29.0. The minimum Gasteiger partial charge on any atom is -0.247 e. The van der Waals surface area contributed by atoms with Gasteiger partial charge >= 0.3 is 17.1 Å². The molecular weight excluding hydrogens is 642 g/mol. The van der Waals surface area contributed by atoms with Gasteiger partial charge in [-0.1, -0.05) is 54.6 Å². The fraction of sp³-hybridized carbons (Fsp3) is 0.385. The number of hydrogen-bond acceptors (Lipinski definition) is 9. The van der Waals surface area contributed by atoms with E-state index in [1.54, 1.807) is 0 Å². The largest absolute Gasteiger partial charge is 0.336 e. The second-order valence-electron chi connectivity index (χ2n) is 11.8. The summed E-state index contributed by atoms with van der Waals surface area (Å²) in [6, 6.07) is 36.6. The summed E-state index contributed by atoms with van der Waals surface area (Å²) in [7, 11) is 0. The Kier molecular flexibility index (Phi) is 17.0. The van der Waals surface area contributed by atoms with Crippen molar-refractivity contribution in [3.63, 3.8) is 0 Å². The molecule has 4 aromatic rings. The molecule has 0 fully saturated rings. The van der Waals surface area contributed by atoms with Crippen molar-refractivity contribution in [3.8, 4) is 0 Å². The highest BCUT2D eigenvalue weighted by atomic mass is 16.2. The molecule has 51 heavy (non-hydrogen) atoms. The van der Waals surface area contributed by atoms with Gasteiger partial charge in [0.15, 0.2) is 0 Å². The first-order valence-electron chi connectivity index (χ1n) is 17.6. The Morgan fingerprint density at radius 2 is 0.647 bits per heavy atom. The molecule has 0 saturated carbocycles. The van der Waals surface area contributed by atoms with Crippen LogP contribution in [0.3, 0.4) is 0 Å². The van der Waals surface area contributed by atoms with Crippen LogP contribution < -0.4 is 17.1 Å². The molecule has 12 heteroatoms. The summed E-state index contributed by atoms with van der Waals surface area (Å²) in [4.78, 5) is 65.5. The Morgan fingerprint density at radius 1 is 0.373 bits per heavy atom. The predicted octanol–water partition coefficient (Wildman–Crippen LogP) is 7.20. The highest BCUT2D eigenvalue weighted by molar-refractivity contribution is 5.53. The lowest BCUT2D eigenvalue weighted by Gasteiger charge is -2.14. The van der Waals surface area contributed by atoms with E-state index >= 15 is 0 Å². The van der Waals surface area contributed by atoms with Gasteiger partial charge in [0, 0.05) is 39.3 Å². The van der Waals surface area contributed by atoms with Crippen LogP contribution in [0.1, 0.15) is 57.8 Å². The van der Waals surface area contributed by atoms with Gasteiger partial charge in [-0.3, -0.25) is 0 Å². The topological polar surface area (TPSA) is 140 Å². The molecular formula is C39H45N9O3. The lowest BCUT2D eigenvalue weighted by atomic mass is 10.2. The summed E-state index contributed by atoms with van der Waals surface area (Å²) < 4.78 is 3.61. The van der Waals surface area contributed by atoms with Crippen molar-refractivity contribution in [2.45, 2.75) is 77.4 Å². The average molecular weight is 688 g/mol. The van der Waals surface area contributed by atoms with Crippen molar-refractivity contribution in [1.82, 2.24) is 13.7 Å². The second-order valence-corrected chi connectivity index (χ2v) is 11.8. The lowest BCUT2D eigenvalue weighted by Crippen LogP contribution is -2.54. The molecule has 4 rings (SSSR count). The van der Waals surface area contributed by atoms with Gasteiger partial charge in [-0.2, -0.15) is 15.0 Å². The Balaban J connectivity index is 1.32. The third-order valence-electron chi connectivity index (χ3n) is 7.86. The van der Waals surface area contributed by atoms with Gasteiger partial charge < -0.3 is 0 Å². The number of hydrogen-bond donors (Lipinski definition) is 0. The normalized spacial score (nSPS) is 10.4. The van der Waals surface area contributed by atoms with E-state index in [1.165, 1.54) is 13.7 Å². The summed E-state index contributed by atoms with van der Waals surface area (Å²) in [5.74, 6) is 0. The van der Waals surface area contributed by atoms with Crippen molar-refractivity contribution in [2.75, 3.05) is 19.6 Å². The van der Waals surface area contributed by atoms with Crippen LogP contribution in [-0.2, 0) is 19.6 Å². The molecule has 0 aliphatic carbocycles. The predicted molar refractivity (Wildman–Crippen MR) is 203 cm³/mol. The van der Waals surface area contributed by atoms with Gasteiger partial charge in [0.25, 0.3) is 0 Å². The molecule has 0 N–H and O–H groups in total. The van der Waals surface area contributed by atoms with Crippen LogP contribution in [0.4, 0.5) is 17.1 Å². The molecule has 0 amide bonds. The molecule has 0 aliphatic heterocycles. The number of rotatable bonds is 21. The summed E-state index contributed by atoms with van der Waals surface area (Å²) in [5.41, 5.74) is 0.680. The Bertz CT molecular complexity index is 1740. The van der Waals surface area contributed by atoms with Crippen molar-refractivity contribution >= 4 is 35.1 Å². The van der Waals surface area contributed by atoms with Crippen molar-refractivity contribution < 1.29 is 0 Å². The monoisotopic (exact) mass is 687 g/mol. The van der Waals surface area contributed by atoms with Gasteiger partial charge in [-0.15, -0.1) is 0 Å². The van der Waals surface area contributed by atoms with Gasteiger partial charge in [0.05, 0.1) is 35.1 Å². The maximum atomic E-state index is 13.4. The zero-order valence-corrected chi connectivity index (χ0v) is 29.0. The SMILES string of the molecule is O=c1n(CCCCCN=C=Nc2ccccc2)c(=O)n(CCCCCN=C=Nc2ccccc2)c(=O)n1CCCCCN=C=Nc1ccccc1. The van der Waals surface area contributed by atoms with E-state index in [9.17, 15) is 14.4 Å². The standard InChI is InChI=1S/C39H45N9O3/c49-37-46(28-16-4-13-25-40-31-43-34-19-7-1-8-20-34)38(50)48(30-18-6-15-27-42-33-45-36-23-11-3-12-24-36)39(51)47(37)29-17-5-14-26-41-32-44-35-21-9-2-10-22-35/h1-3,7-12,19-24H,4-6,13-18,25-30H2. The Hall–Kier alpha value is -5.79. The summed E-state index contributed by atoms with van der Waals surface area (Å²) in [6.07, 6.45) is 6.35. The summed E-state index contributed by atoms with van der Waals surface area (Å²) in [5, 5.41) is 0. The van der Waals surface area contributed by atoms with E-state index in [-0.39, 0.29) is 19.6 Å². The maximum absolute atomic E-state index is 13.4. The molecule has 12 nitrogen and oxygen atoms in total. The summed E-state index contributed by atoms with van der Waals surface area (Å²) in [6.45, 7) is 2.30. The van der Waals surface area contributed by atoms with Crippen LogP contribution in [-0.4, -0.2) is 51.4 Å². The zero-order chi connectivity index (χ0) is 35.8. The molecule has 0 aliphatic rings. The van der Waals surface area contributed by atoms with Crippen LogP contribution in [0.15, 0.2) is 135 Å². The molecule has 0 unspecified atom stereocenters. The van der Waals surface area contributed by atoms with E-state index in [1.807, 2.05) is 91.0 Å². The maximum Gasteiger partial charge on any atom is 0.336 e. The smallest absolute Gasteiger partial charge is 0.247 e. The van der Waals surface area contributed by atoms with Crippen molar-refractivity contribution in [3.05, 3.63) is 122 Å². The van der Waals surface area contributed by atoms with E-state index in [4.69, 9.17) is 0 Å². The Morgan fingerprint density at radius 3 is 0.922 bits per heavy atom. The van der Waals surface area contributed by atoms with Gasteiger partial charge in [-0.25, -0.2) is 43.1 Å². The van der Waals surface area contributed by atoms with Crippen LogP contribution in [0.2, 0.25) is 0 Å².